The molecule has 1 aromatic heterocycles. The molecular weight excluding hydrogens is 629 g/mol. The molecule has 2 aliphatic rings. The number of amides is 1. The Hall–Kier alpha value is -2.96. The first-order valence-electron chi connectivity index (χ1n) is 14.4. The van der Waals surface area contributed by atoms with Crippen molar-refractivity contribution in [2.24, 2.45) is 5.41 Å². The fourth-order valence-corrected chi connectivity index (χ4v) is 6.34. The minimum Gasteiger partial charge on any atom is -0.494 e. The molecule has 2 unspecified atom stereocenters. The summed E-state index contributed by atoms with van der Waals surface area (Å²) >= 11 is 0. The number of carboxylic acid groups (broad SMARTS) is 1. The number of rotatable bonds is 14. The number of pyridine rings is 1. The quantitative estimate of drug-likeness (QED) is 0.169. The van der Waals surface area contributed by atoms with E-state index in [1.54, 1.807) is 30.6 Å². The summed E-state index contributed by atoms with van der Waals surface area (Å²) in [6, 6.07) is 13.2. The van der Waals surface area contributed by atoms with E-state index in [9.17, 15) is 23.1 Å². The predicted octanol–water partition coefficient (Wildman–Crippen LogP) is 4.43. The standard InChI is InChI=1S/C31H39N3O7S.2ClH/c35-27(25-10-7-17-32-21-25)22-33-18-16-31(30(38)34-42(39,40)19-14-29(36)37)15-13-24(23-8-3-1-4-9-23)20-28(31)41-26-11-5-2-6-12-26;;/h1,3-4,7-10,13,15,17,20-21,24,26-27,33,35H,2,5-6,11-12,14,16,18-19,22H2,(H,34,38)(H,36,37);2*1H/t24?,27-,31?;;/m0../s1. The molecule has 1 amide bonds. The van der Waals surface area contributed by atoms with E-state index >= 15 is 0 Å². The van der Waals surface area contributed by atoms with E-state index in [1.807, 2.05) is 42.5 Å². The van der Waals surface area contributed by atoms with Crippen LogP contribution in [0.2, 0.25) is 0 Å². The van der Waals surface area contributed by atoms with Gasteiger partial charge in [0.05, 0.1) is 24.4 Å². The molecule has 10 nitrogen and oxygen atoms in total. The van der Waals surface area contributed by atoms with Crippen LogP contribution in [-0.4, -0.2) is 60.4 Å². The largest absolute Gasteiger partial charge is 0.494 e. The first-order chi connectivity index (χ1) is 20.2. The first kappa shape index (κ1) is 37.2. The average Bonchev–Trinajstić information content (AvgIpc) is 3.00. The molecule has 1 saturated carbocycles. The van der Waals surface area contributed by atoms with Gasteiger partial charge < -0.3 is 20.3 Å². The number of ether oxygens (including phenoxy) is 1. The maximum Gasteiger partial charge on any atom is 0.304 e. The lowest BCUT2D eigenvalue weighted by atomic mass is 9.75. The highest BCUT2D eigenvalue weighted by Crippen LogP contribution is 2.43. The smallest absolute Gasteiger partial charge is 0.304 e. The third-order valence-electron chi connectivity index (χ3n) is 7.73. The SMILES string of the molecule is Cl.Cl.O=C(O)CCS(=O)(=O)NC(=O)C1(CCNC[C@H](O)c2cccnc2)C=CC(c2ccccc2)C=C1OC1CCCCC1. The highest BCUT2D eigenvalue weighted by Gasteiger charge is 2.45. The number of sulfonamides is 1. The van der Waals surface area contributed by atoms with Gasteiger partial charge in [-0.15, -0.1) is 24.8 Å². The van der Waals surface area contributed by atoms with Gasteiger partial charge in [-0.2, -0.15) is 0 Å². The summed E-state index contributed by atoms with van der Waals surface area (Å²) in [5.74, 6) is -2.60. The first-order valence-corrected chi connectivity index (χ1v) is 16.0. The van der Waals surface area contributed by atoms with Crippen LogP contribution in [0.15, 0.2) is 78.8 Å². The molecule has 4 rings (SSSR count). The number of nitrogens with zero attached hydrogens (tertiary/aromatic N) is 1. The molecule has 0 bridgehead atoms. The number of aliphatic carboxylic acids is 1. The van der Waals surface area contributed by atoms with Crippen LogP contribution in [0.1, 0.15) is 68.1 Å². The van der Waals surface area contributed by atoms with Gasteiger partial charge in [0.1, 0.15) is 11.2 Å². The normalized spacial score (nSPS) is 20.8. The molecule has 1 fully saturated rings. The number of benzene rings is 1. The van der Waals surface area contributed by atoms with Gasteiger partial charge in [0.15, 0.2) is 0 Å². The molecule has 3 atom stereocenters. The number of hydrogen-bond donors (Lipinski definition) is 4. The lowest BCUT2D eigenvalue weighted by molar-refractivity contribution is -0.136. The van der Waals surface area contributed by atoms with Crippen molar-refractivity contribution in [3.8, 4) is 0 Å². The molecule has 2 aromatic rings. The Morgan fingerprint density at radius 1 is 1.07 bits per heavy atom. The lowest BCUT2D eigenvalue weighted by Crippen LogP contribution is -2.48. The molecule has 0 saturated heterocycles. The van der Waals surface area contributed by atoms with Gasteiger partial charge >= 0.3 is 5.97 Å². The number of carboxylic acids is 1. The van der Waals surface area contributed by atoms with Crippen LogP contribution < -0.4 is 10.0 Å². The third kappa shape index (κ3) is 10.3. The number of aliphatic hydroxyl groups is 1. The fourth-order valence-electron chi connectivity index (χ4n) is 5.33. The number of aliphatic hydroxyl groups excluding tert-OH is 1. The monoisotopic (exact) mass is 669 g/mol. The van der Waals surface area contributed by atoms with Gasteiger partial charge in [0, 0.05) is 30.4 Å². The zero-order valence-corrected chi connectivity index (χ0v) is 26.8. The summed E-state index contributed by atoms with van der Waals surface area (Å²) < 4.78 is 34.2. The van der Waals surface area contributed by atoms with Crippen LogP contribution in [0.25, 0.3) is 0 Å². The summed E-state index contributed by atoms with van der Waals surface area (Å²) in [5, 5.41) is 22.7. The summed E-state index contributed by atoms with van der Waals surface area (Å²) in [4.78, 5) is 29.0. The number of halogens is 2. The Balaban J connectivity index is 0.00000337. The van der Waals surface area contributed by atoms with Gasteiger partial charge in [-0.05, 0) is 56.4 Å². The molecule has 4 N–H and O–H groups in total. The van der Waals surface area contributed by atoms with Crippen molar-refractivity contribution >= 4 is 46.7 Å². The Morgan fingerprint density at radius 3 is 2.45 bits per heavy atom. The molecule has 1 heterocycles. The Bertz CT molecular complexity index is 1370. The van der Waals surface area contributed by atoms with E-state index in [1.165, 1.54) is 0 Å². The summed E-state index contributed by atoms with van der Waals surface area (Å²) in [7, 11) is -4.23. The number of nitrogens with one attached hydrogen (secondary N) is 2. The van der Waals surface area contributed by atoms with Crippen molar-refractivity contribution < 1.29 is 33.0 Å². The van der Waals surface area contributed by atoms with Crippen LogP contribution in [0.5, 0.6) is 0 Å². The number of aromatic nitrogens is 1. The van der Waals surface area contributed by atoms with Crippen molar-refractivity contribution in [3.63, 3.8) is 0 Å². The summed E-state index contributed by atoms with van der Waals surface area (Å²) in [5.41, 5.74) is 0.177. The number of carbonyl (C=O) groups excluding carboxylic acids is 1. The Morgan fingerprint density at radius 2 is 1.80 bits per heavy atom. The van der Waals surface area contributed by atoms with Gasteiger partial charge in [-0.1, -0.05) is 55.0 Å². The summed E-state index contributed by atoms with van der Waals surface area (Å²) in [6.45, 7) is 0.449. The van der Waals surface area contributed by atoms with Crippen molar-refractivity contribution in [1.82, 2.24) is 15.0 Å². The van der Waals surface area contributed by atoms with Crippen LogP contribution in [0.3, 0.4) is 0 Å². The van der Waals surface area contributed by atoms with E-state index in [4.69, 9.17) is 9.84 Å². The Kier molecular flexibility index (Phi) is 14.8. The molecule has 0 aliphatic heterocycles. The molecule has 44 heavy (non-hydrogen) atoms. The second-order valence-corrected chi connectivity index (χ2v) is 12.7. The van der Waals surface area contributed by atoms with E-state index in [-0.39, 0.29) is 56.3 Å². The topological polar surface area (TPSA) is 155 Å². The molecule has 0 spiro atoms. The van der Waals surface area contributed by atoms with Gasteiger partial charge in [-0.3, -0.25) is 19.3 Å². The lowest BCUT2D eigenvalue weighted by Gasteiger charge is -2.38. The molecular formula is C31H41Cl2N3O7S. The zero-order valence-electron chi connectivity index (χ0n) is 24.3. The maximum absolute atomic E-state index is 13.9. The zero-order chi connectivity index (χ0) is 30.0. The van der Waals surface area contributed by atoms with Crippen molar-refractivity contribution in [2.45, 2.75) is 63.1 Å². The number of allylic oxidation sites excluding steroid dienone is 2. The number of carbonyl (C=O) groups is 2. The second-order valence-electron chi connectivity index (χ2n) is 10.8. The van der Waals surface area contributed by atoms with Crippen molar-refractivity contribution in [3.05, 3.63) is 90.0 Å². The highest BCUT2D eigenvalue weighted by molar-refractivity contribution is 7.90. The van der Waals surface area contributed by atoms with Crippen molar-refractivity contribution in [1.29, 1.82) is 0 Å². The summed E-state index contributed by atoms with van der Waals surface area (Å²) in [6.07, 6.45) is 12.1. The van der Waals surface area contributed by atoms with Crippen LogP contribution >= 0.6 is 24.8 Å². The van der Waals surface area contributed by atoms with Crippen LogP contribution in [0.4, 0.5) is 0 Å². The molecule has 13 heteroatoms. The average molecular weight is 671 g/mol. The molecule has 242 valence electrons. The van der Waals surface area contributed by atoms with E-state index in [0.29, 0.717) is 11.3 Å². The number of hydrogen-bond acceptors (Lipinski definition) is 8. The van der Waals surface area contributed by atoms with E-state index < -0.39 is 45.6 Å². The second kappa shape index (κ2) is 17.5. The molecule has 0 radical (unpaired) electrons. The molecule has 1 aromatic carbocycles. The van der Waals surface area contributed by atoms with Crippen LogP contribution in [0, 0.1) is 5.41 Å². The van der Waals surface area contributed by atoms with Gasteiger partial charge in [0.25, 0.3) is 5.91 Å². The Labute approximate surface area is 271 Å². The van der Waals surface area contributed by atoms with E-state index in [0.717, 1.165) is 37.7 Å². The predicted molar refractivity (Wildman–Crippen MR) is 172 cm³/mol. The minimum absolute atomic E-state index is 0. The minimum atomic E-state index is -4.23. The van der Waals surface area contributed by atoms with Gasteiger partial charge in [0.2, 0.25) is 10.0 Å². The van der Waals surface area contributed by atoms with E-state index in [2.05, 4.69) is 15.0 Å². The maximum atomic E-state index is 13.9. The van der Waals surface area contributed by atoms with Crippen LogP contribution in [-0.2, 0) is 24.3 Å². The fraction of sp³-hybridized carbons (Fsp3) is 0.452. The van der Waals surface area contributed by atoms with Crippen molar-refractivity contribution in [2.75, 3.05) is 18.8 Å². The molecule has 2 aliphatic carbocycles. The van der Waals surface area contributed by atoms with Gasteiger partial charge in [-0.25, -0.2) is 8.42 Å². The third-order valence-corrected chi connectivity index (χ3v) is 8.97. The highest BCUT2D eigenvalue weighted by atomic mass is 35.5.